The van der Waals surface area contributed by atoms with Gasteiger partial charge >= 0.3 is 0 Å². The van der Waals surface area contributed by atoms with Gasteiger partial charge in [-0.05, 0) is 38.1 Å². The third kappa shape index (κ3) is 2.94. The van der Waals surface area contributed by atoms with Crippen LogP contribution in [0.5, 0.6) is 0 Å². The number of nitrogens with one attached hydrogen (secondary N) is 1. The summed E-state index contributed by atoms with van der Waals surface area (Å²) in [7, 11) is 0. The molecule has 0 saturated heterocycles. The van der Waals surface area contributed by atoms with E-state index in [2.05, 4.69) is 28.5 Å². The van der Waals surface area contributed by atoms with Crippen molar-refractivity contribution in [1.29, 1.82) is 0 Å². The van der Waals surface area contributed by atoms with Gasteiger partial charge in [0.25, 0.3) is 0 Å². The Hall–Kier alpha value is -2.62. The molecule has 4 nitrogen and oxygen atoms in total. The third-order valence-corrected chi connectivity index (χ3v) is 3.50. The van der Waals surface area contributed by atoms with E-state index in [1.165, 1.54) is 0 Å². The van der Waals surface area contributed by atoms with Crippen LogP contribution in [-0.4, -0.2) is 14.8 Å². The summed E-state index contributed by atoms with van der Waals surface area (Å²) in [5.74, 6) is 0. The van der Waals surface area contributed by atoms with Gasteiger partial charge in [-0.3, -0.25) is 4.98 Å². The highest BCUT2D eigenvalue weighted by molar-refractivity contribution is 5.48. The van der Waals surface area contributed by atoms with E-state index in [1.807, 2.05) is 60.3 Å². The SMILES string of the molecule is Cc1ncccc1NC(C)c1cnn(-c2ccccc2)c1. The first kappa shape index (κ1) is 13.4. The maximum Gasteiger partial charge on any atom is 0.0645 e. The van der Waals surface area contributed by atoms with E-state index < -0.39 is 0 Å². The quantitative estimate of drug-likeness (QED) is 0.790. The molecule has 2 heterocycles. The van der Waals surface area contributed by atoms with E-state index >= 15 is 0 Å². The van der Waals surface area contributed by atoms with Crippen molar-refractivity contribution < 1.29 is 0 Å². The fourth-order valence-corrected chi connectivity index (χ4v) is 2.24. The first-order valence-corrected chi connectivity index (χ1v) is 7.02. The van der Waals surface area contributed by atoms with Gasteiger partial charge in [0, 0.05) is 18.0 Å². The number of aromatic nitrogens is 3. The summed E-state index contributed by atoms with van der Waals surface area (Å²) in [5, 5.41) is 7.91. The van der Waals surface area contributed by atoms with E-state index in [9.17, 15) is 0 Å². The number of benzene rings is 1. The molecule has 0 spiro atoms. The van der Waals surface area contributed by atoms with E-state index in [-0.39, 0.29) is 6.04 Å². The summed E-state index contributed by atoms with van der Waals surface area (Å²) in [6.45, 7) is 4.13. The maximum absolute atomic E-state index is 4.43. The van der Waals surface area contributed by atoms with Crippen LogP contribution in [0.25, 0.3) is 5.69 Å². The average molecular weight is 278 g/mol. The Morgan fingerprint density at radius 2 is 1.90 bits per heavy atom. The van der Waals surface area contributed by atoms with Crippen molar-refractivity contribution in [2.45, 2.75) is 19.9 Å². The second-order valence-corrected chi connectivity index (χ2v) is 5.06. The molecule has 3 rings (SSSR count). The average Bonchev–Trinajstić information content (AvgIpc) is 3.00. The van der Waals surface area contributed by atoms with Crippen LogP contribution in [0.15, 0.2) is 61.1 Å². The second kappa shape index (κ2) is 5.79. The molecular weight excluding hydrogens is 260 g/mol. The van der Waals surface area contributed by atoms with Gasteiger partial charge in [-0.2, -0.15) is 5.10 Å². The predicted molar refractivity (Wildman–Crippen MR) is 84.6 cm³/mol. The van der Waals surface area contributed by atoms with Crippen LogP contribution in [0.4, 0.5) is 5.69 Å². The highest BCUT2D eigenvalue weighted by atomic mass is 15.3. The summed E-state index contributed by atoms with van der Waals surface area (Å²) < 4.78 is 1.89. The minimum atomic E-state index is 0.172. The van der Waals surface area contributed by atoms with Crippen molar-refractivity contribution in [2.24, 2.45) is 0 Å². The molecule has 3 aromatic rings. The Labute approximate surface area is 124 Å². The number of hydrogen-bond acceptors (Lipinski definition) is 3. The van der Waals surface area contributed by atoms with Gasteiger partial charge in [0.2, 0.25) is 0 Å². The van der Waals surface area contributed by atoms with Crippen molar-refractivity contribution >= 4 is 5.69 Å². The number of para-hydroxylation sites is 1. The molecule has 0 aliphatic rings. The summed E-state index contributed by atoms with van der Waals surface area (Å²) in [6.07, 6.45) is 5.76. The molecular formula is C17H18N4. The summed E-state index contributed by atoms with van der Waals surface area (Å²) in [6, 6.07) is 14.3. The van der Waals surface area contributed by atoms with Gasteiger partial charge < -0.3 is 5.32 Å². The molecule has 2 aromatic heterocycles. The zero-order valence-corrected chi connectivity index (χ0v) is 12.2. The van der Waals surface area contributed by atoms with Crippen molar-refractivity contribution in [1.82, 2.24) is 14.8 Å². The Balaban J connectivity index is 1.79. The van der Waals surface area contributed by atoms with E-state index in [4.69, 9.17) is 0 Å². The lowest BCUT2D eigenvalue weighted by atomic mass is 10.1. The van der Waals surface area contributed by atoms with Crippen molar-refractivity contribution in [3.8, 4) is 5.69 Å². The zero-order chi connectivity index (χ0) is 14.7. The van der Waals surface area contributed by atoms with E-state index in [0.717, 1.165) is 22.6 Å². The minimum Gasteiger partial charge on any atom is -0.377 e. The molecule has 106 valence electrons. The highest BCUT2D eigenvalue weighted by Crippen LogP contribution is 2.21. The monoisotopic (exact) mass is 278 g/mol. The molecule has 1 unspecified atom stereocenters. The molecule has 1 atom stereocenters. The zero-order valence-electron chi connectivity index (χ0n) is 12.2. The van der Waals surface area contributed by atoms with Crippen molar-refractivity contribution in [3.63, 3.8) is 0 Å². The number of pyridine rings is 1. The Kier molecular flexibility index (Phi) is 3.69. The largest absolute Gasteiger partial charge is 0.377 e. The molecule has 4 heteroatoms. The Morgan fingerprint density at radius 1 is 1.10 bits per heavy atom. The number of anilines is 1. The normalized spacial score (nSPS) is 12.1. The first-order valence-electron chi connectivity index (χ1n) is 7.02. The lowest BCUT2D eigenvalue weighted by Gasteiger charge is -2.14. The van der Waals surface area contributed by atoms with Gasteiger partial charge in [0.15, 0.2) is 0 Å². The van der Waals surface area contributed by atoms with Crippen LogP contribution >= 0.6 is 0 Å². The van der Waals surface area contributed by atoms with Crippen LogP contribution < -0.4 is 5.32 Å². The number of nitrogens with zero attached hydrogens (tertiary/aromatic N) is 3. The molecule has 0 amide bonds. The smallest absolute Gasteiger partial charge is 0.0645 e. The van der Waals surface area contributed by atoms with Crippen LogP contribution in [0.1, 0.15) is 24.2 Å². The van der Waals surface area contributed by atoms with Crippen LogP contribution in [0.3, 0.4) is 0 Å². The molecule has 21 heavy (non-hydrogen) atoms. The van der Waals surface area contributed by atoms with Gasteiger partial charge in [-0.15, -0.1) is 0 Å². The molecule has 0 aliphatic carbocycles. The standard InChI is InChI=1S/C17H18N4/c1-13(20-17-9-6-10-18-14(17)2)15-11-19-21(12-15)16-7-4-3-5-8-16/h3-13,20H,1-2H3. The highest BCUT2D eigenvalue weighted by Gasteiger charge is 2.10. The molecule has 0 radical (unpaired) electrons. The van der Waals surface area contributed by atoms with E-state index in [1.54, 1.807) is 6.20 Å². The Bertz CT molecular complexity index is 718. The Morgan fingerprint density at radius 3 is 2.67 bits per heavy atom. The number of hydrogen-bond donors (Lipinski definition) is 1. The fraction of sp³-hybridized carbons (Fsp3) is 0.176. The first-order chi connectivity index (χ1) is 10.2. The summed E-state index contributed by atoms with van der Waals surface area (Å²) >= 11 is 0. The second-order valence-electron chi connectivity index (χ2n) is 5.06. The number of rotatable bonds is 4. The summed E-state index contributed by atoms with van der Waals surface area (Å²) in [4.78, 5) is 4.30. The minimum absolute atomic E-state index is 0.172. The number of aryl methyl sites for hydroxylation is 1. The lowest BCUT2D eigenvalue weighted by molar-refractivity contribution is 0.866. The molecule has 1 N–H and O–H groups in total. The van der Waals surface area contributed by atoms with Crippen molar-refractivity contribution in [2.75, 3.05) is 5.32 Å². The molecule has 0 bridgehead atoms. The lowest BCUT2D eigenvalue weighted by Crippen LogP contribution is -2.07. The van der Waals surface area contributed by atoms with Gasteiger partial charge in [0.05, 0.1) is 29.3 Å². The topological polar surface area (TPSA) is 42.7 Å². The predicted octanol–water partition coefficient (Wildman–Crippen LogP) is 3.75. The molecule has 0 saturated carbocycles. The van der Waals surface area contributed by atoms with Crippen molar-refractivity contribution in [3.05, 3.63) is 72.3 Å². The van der Waals surface area contributed by atoms with Gasteiger partial charge in [-0.1, -0.05) is 18.2 Å². The van der Waals surface area contributed by atoms with Gasteiger partial charge in [0.1, 0.15) is 0 Å². The maximum atomic E-state index is 4.43. The van der Waals surface area contributed by atoms with E-state index in [0.29, 0.717) is 0 Å². The fourth-order valence-electron chi connectivity index (χ4n) is 2.24. The summed E-state index contributed by atoms with van der Waals surface area (Å²) in [5.41, 5.74) is 4.26. The third-order valence-electron chi connectivity index (χ3n) is 3.50. The molecule has 0 fully saturated rings. The van der Waals surface area contributed by atoms with Crippen LogP contribution in [-0.2, 0) is 0 Å². The molecule has 1 aromatic carbocycles. The van der Waals surface area contributed by atoms with Crippen LogP contribution in [0, 0.1) is 6.92 Å². The molecule has 0 aliphatic heterocycles. The van der Waals surface area contributed by atoms with Crippen LogP contribution in [0.2, 0.25) is 0 Å². The van der Waals surface area contributed by atoms with Gasteiger partial charge in [-0.25, -0.2) is 4.68 Å².